The van der Waals surface area contributed by atoms with E-state index in [4.69, 9.17) is 0 Å². The summed E-state index contributed by atoms with van der Waals surface area (Å²) in [6.07, 6.45) is 1.90. The fraction of sp³-hybridized carbons (Fsp3) is 0.714. The van der Waals surface area contributed by atoms with Gasteiger partial charge in [0.2, 0.25) is 0 Å². The Balaban J connectivity index is 3.71. The van der Waals surface area contributed by atoms with Crippen LogP contribution in [0.5, 0.6) is 0 Å². The average molecular weight is 141 g/mol. The first kappa shape index (κ1) is 9.30. The highest BCUT2D eigenvalue weighted by Gasteiger charge is 2.04. The molecule has 0 radical (unpaired) electrons. The third kappa shape index (κ3) is 3.35. The topological polar surface area (TPSA) is 28.0 Å². The molecule has 0 aliphatic rings. The SMILES string of the molecule is C=N[C@H](CN=CC)N(C)C. The van der Waals surface area contributed by atoms with E-state index in [1.165, 1.54) is 0 Å². The molecule has 3 heteroatoms. The van der Waals surface area contributed by atoms with Crippen LogP contribution in [0.2, 0.25) is 0 Å². The molecule has 0 aliphatic carbocycles. The number of hydrogen-bond donors (Lipinski definition) is 0. The number of hydrogen-bond acceptors (Lipinski definition) is 3. The summed E-state index contributed by atoms with van der Waals surface area (Å²) in [5, 5.41) is 0. The normalized spacial score (nSPS) is 14.4. The van der Waals surface area contributed by atoms with Crippen molar-refractivity contribution in [3.63, 3.8) is 0 Å². The van der Waals surface area contributed by atoms with Gasteiger partial charge in [0.25, 0.3) is 0 Å². The largest absolute Gasteiger partial charge is 0.294 e. The summed E-state index contributed by atoms with van der Waals surface area (Å²) >= 11 is 0. The maximum absolute atomic E-state index is 4.06. The highest BCUT2D eigenvalue weighted by atomic mass is 15.2. The van der Waals surface area contributed by atoms with Gasteiger partial charge in [-0.05, 0) is 34.0 Å². The molecule has 0 amide bonds. The van der Waals surface area contributed by atoms with Gasteiger partial charge in [0, 0.05) is 0 Å². The Bertz CT molecular complexity index is 118. The third-order valence-corrected chi connectivity index (χ3v) is 1.26. The predicted octanol–water partition coefficient (Wildman–Crippen LogP) is 0.665. The molecule has 0 fully saturated rings. The highest BCUT2D eigenvalue weighted by molar-refractivity contribution is 5.53. The van der Waals surface area contributed by atoms with Crippen LogP contribution in [0.25, 0.3) is 0 Å². The summed E-state index contributed by atoms with van der Waals surface area (Å²) in [6.45, 7) is 6.07. The first-order valence-electron chi connectivity index (χ1n) is 3.29. The number of nitrogens with zero attached hydrogens (tertiary/aromatic N) is 3. The van der Waals surface area contributed by atoms with Crippen molar-refractivity contribution in [3.05, 3.63) is 0 Å². The van der Waals surface area contributed by atoms with Gasteiger partial charge in [-0.1, -0.05) is 0 Å². The molecule has 0 aromatic carbocycles. The molecule has 0 rings (SSSR count). The van der Waals surface area contributed by atoms with Gasteiger partial charge in [-0.3, -0.25) is 14.9 Å². The van der Waals surface area contributed by atoms with Crippen LogP contribution in [0.1, 0.15) is 6.92 Å². The molecule has 0 saturated carbocycles. The van der Waals surface area contributed by atoms with Crippen molar-refractivity contribution in [2.45, 2.75) is 13.1 Å². The van der Waals surface area contributed by atoms with Crippen molar-refractivity contribution in [2.24, 2.45) is 9.98 Å². The Labute approximate surface area is 62.5 Å². The van der Waals surface area contributed by atoms with Crippen molar-refractivity contribution >= 4 is 12.9 Å². The smallest absolute Gasteiger partial charge is 0.120 e. The van der Waals surface area contributed by atoms with E-state index in [-0.39, 0.29) is 6.17 Å². The van der Waals surface area contributed by atoms with E-state index in [1.54, 1.807) is 6.21 Å². The molecule has 3 nitrogen and oxygen atoms in total. The van der Waals surface area contributed by atoms with Gasteiger partial charge in [-0.25, -0.2) is 0 Å². The van der Waals surface area contributed by atoms with Gasteiger partial charge in [0.1, 0.15) is 6.17 Å². The zero-order valence-electron chi connectivity index (χ0n) is 6.91. The van der Waals surface area contributed by atoms with Crippen molar-refractivity contribution in [2.75, 3.05) is 20.6 Å². The molecule has 0 spiro atoms. The van der Waals surface area contributed by atoms with Crippen LogP contribution in [-0.2, 0) is 0 Å². The van der Waals surface area contributed by atoms with Gasteiger partial charge in [-0.2, -0.15) is 0 Å². The molecule has 0 bridgehead atoms. The molecule has 0 unspecified atom stereocenters. The van der Waals surface area contributed by atoms with Crippen LogP contribution < -0.4 is 0 Å². The van der Waals surface area contributed by atoms with Crippen LogP contribution in [0.15, 0.2) is 9.98 Å². The Morgan fingerprint density at radius 1 is 1.60 bits per heavy atom. The standard InChI is InChI=1S/C7H15N3/c1-5-9-6-7(8-2)10(3)4/h5,7H,2,6H2,1,3-4H3/t7-/m0/s1. The summed E-state index contributed by atoms with van der Waals surface area (Å²) in [5.41, 5.74) is 0. The summed E-state index contributed by atoms with van der Waals surface area (Å²) < 4.78 is 0. The van der Waals surface area contributed by atoms with E-state index in [0.717, 1.165) is 0 Å². The number of aliphatic imine (C=N–C) groups is 2. The molecule has 0 heterocycles. The van der Waals surface area contributed by atoms with E-state index in [9.17, 15) is 0 Å². The summed E-state index contributed by atoms with van der Waals surface area (Å²) in [4.78, 5) is 9.94. The maximum Gasteiger partial charge on any atom is 0.120 e. The maximum atomic E-state index is 4.06. The molecule has 0 aromatic heterocycles. The van der Waals surface area contributed by atoms with Gasteiger partial charge < -0.3 is 0 Å². The summed E-state index contributed by atoms with van der Waals surface area (Å²) in [7, 11) is 3.93. The first-order valence-corrected chi connectivity index (χ1v) is 3.29. The quantitative estimate of drug-likeness (QED) is 0.529. The minimum Gasteiger partial charge on any atom is -0.294 e. The fourth-order valence-electron chi connectivity index (χ4n) is 0.584. The molecular weight excluding hydrogens is 126 g/mol. The lowest BCUT2D eigenvalue weighted by Crippen LogP contribution is -2.28. The Morgan fingerprint density at radius 2 is 2.20 bits per heavy atom. The number of likely N-dealkylation sites (N-methyl/N-ethyl adjacent to an activating group) is 1. The second-order valence-corrected chi connectivity index (χ2v) is 2.25. The van der Waals surface area contributed by atoms with E-state index < -0.39 is 0 Å². The van der Waals surface area contributed by atoms with Crippen LogP contribution in [0, 0.1) is 0 Å². The first-order chi connectivity index (χ1) is 4.72. The molecular formula is C7H15N3. The van der Waals surface area contributed by atoms with E-state index in [2.05, 4.69) is 16.7 Å². The lowest BCUT2D eigenvalue weighted by Gasteiger charge is -2.16. The summed E-state index contributed by atoms with van der Waals surface area (Å²) in [5.74, 6) is 0. The molecule has 10 heavy (non-hydrogen) atoms. The van der Waals surface area contributed by atoms with E-state index in [1.807, 2.05) is 25.9 Å². The second kappa shape index (κ2) is 5.11. The molecule has 1 atom stereocenters. The van der Waals surface area contributed by atoms with Crippen molar-refractivity contribution in [1.82, 2.24) is 4.90 Å². The van der Waals surface area contributed by atoms with E-state index >= 15 is 0 Å². The van der Waals surface area contributed by atoms with Crippen molar-refractivity contribution in [3.8, 4) is 0 Å². The van der Waals surface area contributed by atoms with Crippen LogP contribution in [0.3, 0.4) is 0 Å². The molecule has 58 valence electrons. The van der Waals surface area contributed by atoms with Gasteiger partial charge in [-0.15, -0.1) is 0 Å². The minimum absolute atomic E-state index is 0.121. The van der Waals surface area contributed by atoms with Crippen molar-refractivity contribution in [1.29, 1.82) is 0 Å². The van der Waals surface area contributed by atoms with Gasteiger partial charge >= 0.3 is 0 Å². The summed E-state index contributed by atoms with van der Waals surface area (Å²) in [6, 6.07) is 0. The van der Waals surface area contributed by atoms with E-state index in [0.29, 0.717) is 6.54 Å². The third-order valence-electron chi connectivity index (χ3n) is 1.26. The van der Waals surface area contributed by atoms with Gasteiger partial charge in [0.15, 0.2) is 0 Å². The van der Waals surface area contributed by atoms with Crippen LogP contribution in [0.4, 0.5) is 0 Å². The predicted molar refractivity (Wildman–Crippen MR) is 46.1 cm³/mol. The Hall–Kier alpha value is -0.700. The zero-order chi connectivity index (χ0) is 7.98. The number of rotatable bonds is 4. The Morgan fingerprint density at radius 3 is 2.50 bits per heavy atom. The molecule has 0 aliphatic heterocycles. The lowest BCUT2D eigenvalue weighted by molar-refractivity contribution is 0.311. The lowest BCUT2D eigenvalue weighted by atomic mass is 10.5. The second-order valence-electron chi connectivity index (χ2n) is 2.25. The van der Waals surface area contributed by atoms with Crippen molar-refractivity contribution < 1.29 is 0 Å². The monoisotopic (exact) mass is 141 g/mol. The van der Waals surface area contributed by atoms with Gasteiger partial charge in [0.05, 0.1) is 6.54 Å². The minimum atomic E-state index is 0.121. The van der Waals surface area contributed by atoms with Crippen LogP contribution in [-0.4, -0.2) is 44.6 Å². The zero-order valence-corrected chi connectivity index (χ0v) is 6.91. The molecule has 0 N–H and O–H groups in total. The fourth-order valence-corrected chi connectivity index (χ4v) is 0.584. The van der Waals surface area contributed by atoms with Crippen LogP contribution >= 0.6 is 0 Å². The highest BCUT2D eigenvalue weighted by Crippen LogP contribution is 1.93. The Kier molecular flexibility index (Phi) is 4.76. The average Bonchev–Trinajstić information content (AvgIpc) is 1.89. The molecule has 0 saturated heterocycles. The molecule has 0 aromatic rings.